The first-order valence-corrected chi connectivity index (χ1v) is 5.38. The monoisotopic (exact) mass is 210 g/mol. The molecule has 2 atom stereocenters. The second kappa shape index (κ2) is 5.58. The first-order valence-electron chi connectivity index (χ1n) is 3.23. The van der Waals surface area contributed by atoms with Crippen LogP contribution >= 0.6 is 21.6 Å². The van der Waals surface area contributed by atoms with Crippen molar-refractivity contribution in [1.82, 2.24) is 0 Å². The molecule has 0 aliphatic carbocycles. The quantitative estimate of drug-likeness (QED) is 0.633. The molecule has 4 nitrogen and oxygen atoms in total. The lowest BCUT2D eigenvalue weighted by molar-refractivity contribution is -0.118. The van der Waals surface area contributed by atoms with E-state index in [1.807, 2.05) is 0 Å². The Kier molecular flexibility index (Phi) is 5.56. The number of carbonyl (C=O) groups excluding carboxylic acids is 2. The van der Waals surface area contributed by atoms with Crippen LogP contribution in [0.2, 0.25) is 0 Å². The van der Waals surface area contributed by atoms with Crippen LogP contribution < -0.4 is 0 Å². The van der Waals surface area contributed by atoms with E-state index < -0.39 is 22.4 Å². The van der Waals surface area contributed by atoms with Crippen molar-refractivity contribution in [3.63, 3.8) is 0 Å². The molecule has 0 amide bonds. The summed E-state index contributed by atoms with van der Waals surface area (Å²) in [5.41, 5.74) is 0. The second-order valence-electron chi connectivity index (χ2n) is 2.16. The van der Waals surface area contributed by atoms with Crippen LogP contribution in [0.4, 0.5) is 0 Å². The highest BCUT2D eigenvalue weighted by Crippen LogP contribution is 2.25. The SMILES string of the molecule is CC(O)C(=O)SSC(=O)C(C)O. The van der Waals surface area contributed by atoms with Crippen molar-refractivity contribution in [2.45, 2.75) is 26.1 Å². The molecule has 0 aliphatic rings. The molecule has 0 saturated heterocycles. The molecule has 0 rings (SSSR count). The number of rotatable bonds is 2. The second-order valence-corrected chi connectivity index (χ2v) is 4.29. The first-order chi connectivity index (χ1) is 5.45. The minimum Gasteiger partial charge on any atom is -0.385 e. The predicted molar refractivity (Wildman–Crippen MR) is 48.6 cm³/mol. The topological polar surface area (TPSA) is 74.6 Å². The van der Waals surface area contributed by atoms with E-state index in [0.29, 0.717) is 21.6 Å². The molecule has 2 N–H and O–H groups in total. The molecule has 0 fully saturated rings. The molecule has 2 unspecified atom stereocenters. The van der Waals surface area contributed by atoms with Crippen LogP contribution in [-0.4, -0.2) is 32.7 Å². The Bertz CT molecular complexity index is 158. The summed E-state index contributed by atoms with van der Waals surface area (Å²) in [6, 6.07) is 0. The minimum absolute atomic E-state index is 0.492. The summed E-state index contributed by atoms with van der Waals surface area (Å²) in [5.74, 6) is 0. The van der Waals surface area contributed by atoms with Gasteiger partial charge in [-0.2, -0.15) is 0 Å². The lowest BCUT2D eigenvalue weighted by atomic mass is 10.5. The molecule has 0 bridgehead atoms. The van der Waals surface area contributed by atoms with Gasteiger partial charge in [0.2, 0.25) is 10.2 Å². The highest BCUT2D eigenvalue weighted by Gasteiger charge is 2.16. The average molecular weight is 210 g/mol. The van der Waals surface area contributed by atoms with Crippen molar-refractivity contribution < 1.29 is 19.8 Å². The van der Waals surface area contributed by atoms with Gasteiger partial charge in [0, 0.05) is 0 Å². The van der Waals surface area contributed by atoms with E-state index in [1.165, 1.54) is 13.8 Å². The van der Waals surface area contributed by atoms with E-state index in [9.17, 15) is 9.59 Å². The highest BCUT2D eigenvalue weighted by molar-refractivity contribution is 8.87. The van der Waals surface area contributed by atoms with Gasteiger partial charge in [-0.05, 0) is 35.4 Å². The van der Waals surface area contributed by atoms with Crippen molar-refractivity contribution in [1.29, 1.82) is 0 Å². The minimum atomic E-state index is -1.08. The molecule has 0 saturated carbocycles. The van der Waals surface area contributed by atoms with Crippen molar-refractivity contribution in [2.24, 2.45) is 0 Å². The third-order valence-corrected chi connectivity index (χ3v) is 3.22. The Morgan fingerprint density at radius 3 is 1.42 bits per heavy atom. The van der Waals surface area contributed by atoms with E-state index >= 15 is 0 Å². The molecule has 0 aromatic carbocycles. The van der Waals surface area contributed by atoms with Gasteiger partial charge in [0.05, 0.1) is 0 Å². The molecule has 12 heavy (non-hydrogen) atoms. The smallest absolute Gasteiger partial charge is 0.228 e. The maximum absolute atomic E-state index is 10.7. The zero-order valence-electron chi connectivity index (χ0n) is 6.68. The average Bonchev–Trinajstić information content (AvgIpc) is 1.98. The van der Waals surface area contributed by atoms with Crippen molar-refractivity contribution >= 4 is 31.8 Å². The van der Waals surface area contributed by atoms with Crippen LogP contribution in [0, 0.1) is 0 Å². The van der Waals surface area contributed by atoms with E-state index in [1.54, 1.807) is 0 Å². The van der Waals surface area contributed by atoms with E-state index in [0.717, 1.165) is 0 Å². The molecule has 0 heterocycles. The lowest BCUT2D eigenvalue weighted by Gasteiger charge is -2.02. The van der Waals surface area contributed by atoms with Crippen LogP contribution in [0.25, 0.3) is 0 Å². The summed E-state index contributed by atoms with van der Waals surface area (Å²) in [4.78, 5) is 21.5. The summed E-state index contributed by atoms with van der Waals surface area (Å²) >= 11 is 0. The summed E-state index contributed by atoms with van der Waals surface area (Å²) in [7, 11) is 1.28. The van der Waals surface area contributed by atoms with E-state index in [2.05, 4.69) is 0 Å². The third kappa shape index (κ3) is 4.76. The van der Waals surface area contributed by atoms with Crippen molar-refractivity contribution in [3.05, 3.63) is 0 Å². The summed E-state index contributed by atoms with van der Waals surface area (Å²) < 4.78 is 0. The van der Waals surface area contributed by atoms with Crippen LogP contribution in [-0.2, 0) is 9.59 Å². The van der Waals surface area contributed by atoms with E-state index in [-0.39, 0.29) is 0 Å². The summed E-state index contributed by atoms with van der Waals surface area (Å²) in [6.07, 6.45) is -2.16. The summed E-state index contributed by atoms with van der Waals surface area (Å²) in [5, 5.41) is 16.4. The van der Waals surface area contributed by atoms with Gasteiger partial charge >= 0.3 is 0 Å². The summed E-state index contributed by atoms with van der Waals surface area (Å²) in [6.45, 7) is 2.64. The van der Waals surface area contributed by atoms with Gasteiger partial charge in [0.1, 0.15) is 12.2 Å². The van der Waals surface area contributed by atoms with Gasteiger partial charge in [-0.3, -0.25) is 9.59 Å². The number of carbonyl (C=O) groups is 2. The molecular formula is C6H10O4S2. The predicted octanol–water partition coefficient (Wildman–Crippen LogP) is 0.183. The Morgan fingerprint density at radius 2 is 1.25 bits per heavy atom. The Balaban J connectivity index is 3.69. The van der Waals surface area contributed by atoms with Gasteiger partial charge in [0.15, 0.2) is 0 Å². The van der Waals surface area contributed by atoms with Gasteiger partial charge in [-0.1, -0.05) is 0 Å². The van der Waals surface area contributed by atoms with Crippen LogP contribution in [0.3, 0.4) is 0 Å². The number of hydrogen-bond donors (Lipinski definition) is 2. The van der Waals surface area contributed by atoms with Gasteiger partial charge < -0.3 is 10.2 Å². The fourth-order valence-electron chi connectivity index (χ4n) is 0.221. The zero-order valence-corrected chi connectivity index (χ0v) is 8.32. The molecule has 0 spiro atoms. The lowest BCUT2D eigenvalue weighted by Crippen LogP contribution is -2.14. The molecule has 6 heteroatoms. The maximum Gasteiger partial charge on any atom is 0.228 e. The van der Waals surface area contributed by atoms with Gasteiger partial charge in [-0.25, -0.2) is 0 Å². The van der Waals surface area contributed by atoms with Gasteiger partial charge in [0.25, 0.3) is 0 Å². The van der Waals surface area contributed by atoms with Crippen molar-refractivity contribution in [3.8, 4) is 0 Å². The fraction of sp³-hybridized carbons (Fsp3) is 0.667. The van der Waals surface area contributed by atoms with Gasteiger partial charge in [-0.15, -0.1) is 0 Å². The fourth-order valence-corrected chi connectivity index (χ4v) is 1.99. The molecule has 0 aromatic heterocycles. The maximum atomic E-state index is 10.7. The molecule has 0 aromatic rings. The van der Waals surface area contributed by atoms with Crippen LogP contribution in [0.5, 0.6) is 0 Å². The first kappa shape index (κ1) is 12.0. The molecule has 0 radical (unpaired) electrons. The third-order valence-electron chi connectivity index (χ3n) is 0.888. The molecular weight excluding hydrogens is 200 g/mol. The number of aliphatic hydroxyl groups is 2. The normalized spacial score (nSPS) is 15.3. The Hall–Kier alpha value is -0.0400. The standard InChI is InChI=1S/C6H10O4S2/c1-3(7)5(9)11-12-6(10)4(2)8/h3-4,7-8H,1-2H3. The molecule has 70 valence electrons. The number of aliphatic hydroxyl groups excluding tert-OH is 2. The highest BCUT2D eigenvalue weighted by atomic mass is 33.1. The Labute approximate surface area is 78.1 Å². The van der Waals surface area contributed by atoms with Crippen molar-refractivity contribution in [2.75, 3.05) is 0 Å². The molecule has 0 aliphatic heterocycles. The van der Waals surface area contributed by atoms with E-state index in [4.69, 9.17) is 10.2 Å². The number of hydrogen-bond acceptors (Lipinski definition) is 6. The Morgan fingerprint density at radius 1 is 1.00 bits per heavy atom. The van der Waals surface area contributed by atoms with Crippen LogP contribution in [0.1, 0.15) is 13.8 Å². The van der Waals surface area contributed by atoms with Crippen LogP contribution in [0.15, 0.2) is 0 Å². The largest absolute Gasteiger partial charge is 0.385 e. The zero-order chi connectivity index (χ0) is 9.72.